The van der Waals surface area contributed by atoms with Crippen LogP contribution < -0.4 is 5.73 Å². The van der Waals surface area contributed by atoms with Crippen molar-refractivity contribution in [2.75, 3.05) is 19.6 Å². The molecule has 102 valence electrons. The van der Waals surface area contributed by atoms with Gasteiger partial charge in [0.1, 0.15) is 11.5 Å². The lowest BCUT2D eigenvalue weighted by Gasteiger charge is -2.22. The van der Waals surface area contributed by atoms with Gasteiger partial charge in [-0.15, -0.1) is 12.4 Å². The van der Waals surface area contributed by atoms with E-state index in [1.807, 2.05) is 24.8 Å². The molecule has 1 unspecified atom stereocenters. The molecule has 0 aliphatic carbocycles. The van der Waals surface area contributed by atoms with Crippen molar-refractivity contribution in [3.8, 4) is 0 Å². The average molecular weight is 273 g/mol. The Kier molecular flexibility index (Phi) is 4.46. The number of amides is 1. The van der Waals surface area contributed by atoms with Crippen LogP contribution in [0.4, 0.5) is 0 Å². The molecule has 2 rings (SSSR count). The molecule has 0 bridgehead atoms. The van der Waals surface area contributed by atoms with E-state index in [0.29, 0.717) is 17.9 Å². The molecule has 1 aliphatic heterocycles. The zero-order valence-electron chi connectivity index (χ0n) is 11.2. The van der Waals surface area contributed by atoms with Crippen molar-refractivity contribution < 1.29 is 9.21 Å². The van der Waals surface area contributed by atoms with Crippen molar-refractivity contribution in [1.82, 2.24) is 4.90 Å². The van der Waals surface area contributed by atoms with E-state index in [1.165, 1.54) is 0 Å². The van der Waals surface area contributed by atoms with Crippen LogP contribution >= 0.6 is 12.4 Å². The number of likely N-dealkylation sites (tertiary alicyclic amines) is 1. The maximum Gasteiger partial charge on any atom is 0.257 e. The van der Waals surface area contributed by atoms with Crippen LogP contribution in [0.3, 0.4) is 0 Å². The summed E-state index contributed by atoms with van der Waals surface area (Å²) >= 11 is 0. The highest BCUT2D eigenvalue weighted by Gasteiger charge is 2.35. The van der Waals surface area contributed by atoms with Gasteiger partial charge in [0, 0.05) is 13.1 Å². The van der Waals surface area contributed by atoms with Gasteiger partial charge in [0.2, 0.25) is 0 Å². The third-order valence-corrected chi connectivity index (χ3v) is 3.61. The molecule has 1 fully saturated rings. The van der Waals surface area contributed by atoms with Gasteiger partial charge < -0.3 is 15.1 Å². The fourth-order valence-corrected chi connectivity index (χ4v) is 2.38. The quantitative estimate of drug-likeness (QED) is 0.897. The van der Waals surface area contributed by atoms with Crippen molar-refractivity contribution in [1.29, 1.82) is 0 Å². The Morgan fingerprint density at radius 1 is 1.56 bits per heavy atom. The molecule has 1 aromatic heterocycles. The Morgan fingerprint density at radius 3 is 2.67 bits per heavy atom. The second-order valence-corrected chi connectivity index (χ2v) is 5.32. The number of nitrogens with zero attached hydrogens (tertiary/aromatic N) is 1. The van der Waals surface area contributed by atoms with Crippen molar-refractivity contribution >= 4 is 18.3 Å². The SMILES string of the molecule is Cc1cc(C(=O)N2CCC(C)(CN)C2)c(C)o1.Cl. The van der Waals surface area contributed by atoms with Crippen molar-refractivity contribution in [2.24, 2.45) is 11.1 Å². The summed E-state index contributed by atoms with van der Waals surface area (Å²) in [4.78, 5) is 14.2. The summed E-state index contributed by atoms with van der Waals surface area (Å²) in [7, 11) is 0. The van der Waals surface area contributed by atoms with E-state index in [-0.39, 0.29) is 23.7 Å². The van der Waals surface area contributed by atoms with Crippen LogP contribution in [-0.4, -0.2) is 30.4 Å². The summed E-state index contributed by atoms with van der Waals surface area (Å²) in [6.07, 6.45) is 0.977. The first kappa shape index (κ1) is 15.1. The highest BCUT2D eigenvalue weighted by molar-refractivity contribution is 5.95. The molecule has 5 heteroatoms. The first-order valence-electron chi connectivity index (χ1n) is 6.01. The van der Waals surface area contributed by atoms with E-state index in [1.54, 1.807) is 0 Å². The molecule has 1 amide bonds. The molecule has 1 aliphatic rings. The van der Waals surface area contributed by atoms with Crippen LogP contribution in [0.2, 0.25) is 0 Å². The lowest BCUT2D eigenvalue weighted by Crippen LogP contribution is -2.34. The van der Waals surface area contributed by atoms with E-state index >= 15 is 0 Å². The highest BCUT2D eigenvalue weighted by Crippen LogP contribution is 2.30. The van der Waals surface area contributed by atoms with Crippen LogP contribution in [0.15, 0.2) is 10.5 Å². The minimum Gasteiger partial charge on any atom is -0.466 e. The Bertz CT molecular complexity index is 444. The number of hydrogen-bond donors (Lipinski definition) is 1. The van der Waals surface area contributed by atoms with Gasteiger partial charge in [-0.05, 0) is 38.3 Å². The maximum atomic E-state index is 12.3. The number of rotatable bonds is 2. The summed E-state index contributed by atoms with van der Waals surface area (Å²) < 4.78 is 5.40. The van der Waals surface area contributed by atoms with Gasteiger partial charge in [-0.1, -0.05) is 6.92 Å². The predicted molar refractivity (Wildman–Crippen MR) is 73.1 cm³/mol. The fourth-order valence-electron chi connectivity index (χ4n) is 2.38. The molecule has 18 heavy (non-hydrogen) atoms. The third kappa shape index (κ3) is 2.70. The predicted octanol–water partition coefficient (Wildman–Crippen LogP) is 2.13. The monoisotopic (exact) mass is 272 g/mol. The Morgan fingerprint density at radius 2 is 2.22 bits per heavy atom. The average Bonchev–Trinajstić information content (AvgIpc) is 2.82. The van der Waals surface area contributed by atoms with Gasteiger partial charge in [-0.3, -0.25) is 4.79 Å². The fraction of sp³-hybridized carbons (Fsp3) is 0.615. The Labute approximate surface area is 114 Å². The van der Waals surface area contributed by atoms with Crippen LogP contribution in [0.1, 0.15) is 35.2 Å². The van der Waals surface area contributed by atoms with E-state index in [0.717, 1.165) is 25.3 Å². The van der Waals surface area contributed by atoms with E-state index < -0.39 is 0 Å². The first-order valence-corrected chi connectivity index (χ1v) is 6.01. The molecular formula is C13H21ClN2O2. The standard InChI is InChI=1S/C13H20N2O2.ClH/c1-9-6-11(10(2)17-9)12(16)15-5-4-13(3,7-14)8-15;/h6H,4-5,7-8,14H2,1-3H3;1H. The maximum absolute atomic E-state index is 12.3. The number of halogens is 1. The lowest BCUT2D eigenvalue weighted by molar-refractivity contribution is 0.0775. The molecule has 0 radical (unpaired) electrons. The molecule has 1 saturated heterocycles. The highest BCUT2D eigenvalue weighted by atomic mass is 35.5. The Hall–Kier alpha value is -1.000. The molecule has 2 N–H and O–H groups in total. The minimum absolute atomic E-state index is 0. The number of carbonyl (C=O) groups excluding carboxylic acids is 1. The summed E-state index contributed by atoms with van der Waals surface area (Å²) in [5.41, 5.74) is 6.50. The van der Waals surface area contributed by atoms with Crippen LogP contribution in [-0.2, 0) is 0 Å². The number of furan rings is 1. The largest absolute Gasteiger partial charge is 0.466 e. The van der Waals surface area contributed by atoms with Gasteiger partial charge in [0.25, 0.3) is 5.91 Å². The van der Waals surface area contributed by atoms with Gasteiger partial charge in [-0.25, -0.2) is 0 Å². The van der Waals surface area contributed by atoms with Crippen LogP contribution in [0.5, 0.6) is 0 Å². The third-order valence-electron chi connectivity index (χ3n) is 3.61. The van der Waals surface area contributed by atoms with Crippen molar-refractivity contribution in [3.63, 3.8) is 0 Å². The second-order valence-electron chi connectivity index (χ2n) is 5.32. The van der Waals surface area contributed by atoms with Gasteiger partial charge in [0.15, 0.2) is 0 Å². The summed E-state index contributed by atoms with van der Waals surface area (Å²) in [6.45, 7) is 7.98. The lowest BCUT2D eigenvalue weighted by atomic mass is 9.90. The molecule has 4 nitrogen and oxygen atoms in total. The summed E-state index contributed by atoms with van der Waals surface area (Å²) in [5.74, 6) is 1.55. The van der Waals surface area contributed by atoms with Crippen molar-refractivity contribution in [3.05, 3.63) is 23.2 Å². The van der Waals surface area contributed by atoms with E-state index in [2.05, 4.69) is 6.92 Å². The topological polar surface area (TPSA) is 59.5 Å². The number of carbonyl (C=O) groups is 1. The zero-order valence-corrected chi connectivity index (χ0v) is 12.0. The van der Waals surface area contributed by atoms with Gasteiger partial charge in [-0.2, -0.15) is 0 Å². The molecule has 0 spiro atoms. The molecule has 1 aromatic rings. The van der Waals surface area contributed by atoms with E-state index in [9.17, 15) is 4.79 Å². The summed E-state index contributed by atoms with van der Waals surface area (Å²) in [5, 5.41) is 0. The minimum atomic E-state index is 0. The van der Waals surface area contributed by atoms with Gasteiger partial charge >= 0.3 is 0 Å². The molecular weight excluding hydrogens is 252 g/mol. The first-order chi connectivity index (χ1) is 7.95. The number of nitrogens with two attached hydrogens (primary N) is 1. The summed E-state index contributed by atoms with van der Waals surface area (Å²) in [6, 6.07) is 1.82. The van der Waals surface area contributed by atoms with E-state index in [4.69, 9.17) is 10.2 Å². The zero-order chi connectivity index (χ0) is 12.6. The van der Waals surface area contributed by atoms with Crippen LogP contribution in [0.25, 0.3) is 0 Å². The Balaban J connectivity index is 0.00000162. The van der Waals surface area contributed by atoms with Crippen molar-refractivity contribution in [2.45, 2.75) is 27.2 Å². The number of hydrogen-bond acceptors (Lipinski definition) is 3. The normalized spacial score (nSPS) is 23.0. The molecule has 0 aromatic carbocycles. The smallest absolute Gasteiger partial charge is 0.257 e. The molecule has 1 atom stereocenters. The molecule has 0 saturated carbocycles. The number of aryl methyl sites for hydroxylation is 2. The van der Waals surface area contributed by atoms with Gasteiger partial charge in [0.05, 0.1) is 5.56 Å². The second kappa shape index (κ2) is 5.33. The van der Waals surface area contributed by atoms with Crippen LogP contribution in [0, 0.1) is 19.3 Å². The molecule has 2 heterocycles.